The number of carbonyl (C=O) groups is 1. The van der Waals surface area contributed by atoms with Crippen LogP contribution in [0.1, 0.15) is 72.6 Å². The smallest absolute Gasteiger partial charge is 0.264 e. The quantitative estimate of drug-likeness (QED) is 0.260. The fourth-order valence-electron chi connectivity index (χ4n) is 10.4. The molecule has 42 heavy (non-hydrogen) atoms. The number of fused-ring (bicyclic) bond motifs is 1. The lowest BCUT2D eigenvalue weighted by Crippen LogP contribution is -2.87. The van der Waals surface area contributed by atoms with Gasteiger partial charge in [0.05, 0.1) is 37.6 Å². The molecule has 0 aromatic rings. The van der Waals surface area contributed by atoms with Crippen LogP contribution < -0.4 is 0 Å². The van der Waals surface area contributed by atoms with Crippen molar-refractivity contribution in [2.24, 2.45) is 34.0 Å². The molecule has 3 spiro atoms. The van der Waals surface area contributed by atoms with Gasteiger partial charge < -0.3 is 28.8 Å². The number of ketones is 1. The summed E-state index contributed by atoms with van der Waals surface area (Å²) in [5.74, 6) is -2.48. The van der Waals surface area contributed by atoms with E-state index in [1.807, 2.05) is 13.8 Å². The van der Waals surface area contributed by atoms with E-state index in [4.69, 9.17) is 27.9 Å². The molecule has 3 saturated heterocycles. The zero-order valence-electron chi connectivity index (χ0n) is 25.3. The lowest BCUT2D eigenvalue weighted by atomic mass is 9.36. The zero-order valence-corrected chi connectivity index (χ0v) is 26.1. The normalized spacial score (nSPS) is 46.1. The molecule has 1 N–H and O–H groups in total. The first kappa shape index (κ1) is 29.4. The lowest BCUT2D eigenvalue weighted by Gasteiger charge is -2.77. The Bertz CT molecular complexity index is 1350. The highest BCUT2D eigenvalue weighted by molar-refractivity contribution is 7.85. The first-order valence-electron chi connectivity index (χ1n) is 15.4. The van der Waals surface area contributed by atoms with Crippen molar-refractivity contribution < 1.29 is 46.2 Å². The Morgan fingerprint density at radius 3 is 2.57 bits per heavy atom. The zero-order chi connectivity index (χ0) is 30.1. The summed E-state index contributed by atoms with van der Waals surface area (Å²) < 4.78 is 60.2. The molecule has 6 fully saturated rings. The number of aliphatic hydroxyl groups excluding tert-OH is 1. The molecule has 4 bridgehead atoms. The number of aliphatic hydroxyl groups is 1. The van der Waals surface area contributed by atoms with Crippen molar-refractivity contribution in [1.29, 1.82) is 0 Å². The van der Waals surface area contributed by atoms with Crippen LogP contribution >= 0.6 is 0 Å². The predicted octanol–water partition coefficient (Wildman–Crippen LogP) is 3.59. The highest BCUT2D eigenvalue weighted by Crippen LogP contribution is 2.80. The Kier molecular flexibility index (Phi) is 6.37. The number of hydrogen-bond acceptors (Lipinski definition) is 10. The number of ether oxygens (including phenoxy) is 5. The molecule has 3 saturated carbocycles. The Morgan fingerprint density at radius 2 is 1.83 bits per heavy atom. The lowest BCUT2D eigenvalue weighted by molar-refractivity contribution is -0.527. The monoisotopic (exact) mass is 608 g/mol. The molecule has 9 atom stereocenters. The maximum atomic E-state index is 14.5. The third-order valence-electron chi connectivity index (χ3n) is 11.4. The molecule has 8 rings (SSSR count). The van der Waals surface area contributed by atoms with Crippen molar-refractivity contribution in [3.63, 3.8) is 0 Å². The van der Waals surface area contributed by atoms with Gasteiger partial charge in [0.1, 0.15) is 17.3 Å². The van der Waals surface area contributed by atoms with Crippen LogP contribution in [-0.2, 0) is 42.8 Å². The summed E-state index contributed by atoms with van der Waals surface area (Å²) in [6.45, 7) is 13.1. The van der Waals surface area contributed by atoms with Gasteiger partial charge in [-0.1, -0.05) is 20.4 Å². The minimum Gasteiger partial charge on any atom is -0.469 e. The van der Waals surface area contributed by atoms with Crippen LogP contribution in [0, 0.1) is 34.0 Å². The van der Waals surface area contributed by atoms with Gasteiger partial charge in [0.25, 0.3) is 10.1 Å². The van der Waals surface area contributed by atoms with E-state index in [1.54, 1.807) is 0 Å². The second-order valence-corrected chi connectivity index (χ2v) is 16.4. The molecule has 0 radical (unpaired) electrons. The van der Waals surface area contributed by atoms with Crippen LogP contribution in [-0.4, -0.2) is 75.5 Å². The molecule has 11 heteroatoms. The maximum absolute atomic E-state index is 14.5. The van der Waals surface area contributed by atoms with Crippen molar-refractivity contribution in [3.05, 3.63) is 23.5 Å². The summed E-state index contributed by atoms with van der Waals surface area (Å²) in [4.78, 5) is 14.5. The van der Waals surface area contributed by atoms with E-state index >= 15 is 0 Å². The Balaban J connectivity index is 1.25. The van der Waals surface area contributed by atoms with Gasteiger partial charge in [0, 0.05) is 18.3 Å². The van der Waals surface area contributed by atoms with Crippen molar-refractivity contribution in [2.75, 3.05) is 26.1 Å². The molecule has 234 valence electrons. The number of hydrogen-bond donors (Lipinski definition) is 1. The molecule has 0 aromatic carbocycles. The molecule has 4 aliphatic carbocycles. The van der Waals surface area contributed by atoms with Crippen molar-refractivity contribution in [3.8, 4) is 0 Å². The molecule has 4 aliphatic heterocycles. The first-order chi connectivity index (χ1) is 19.6. The number of Topliss-reactive ketones (excluding diaryl/α,β-unsaturated/α-hetero) is 1. The average molecular weight is 609 g/mol. The fraction of sp³-hybridized carbons (Fsp3) is 0.839. The molecule has 10 nitrogen and oxygen atoms in total. The topological polar surface area (TPSA) is 127 Å². The summed E-state index contributed by atoms with van der Waals surface area (Å²) in [5, 5.41) is 12.5. The van der Waals surface area contributed by atoms with Gasteiger partial charge in [-0.05, 0) is 74.9 Å². The fourth-order valence-corrected chi connectivity index (χ4v) is 10.8. The summed E-state index contributed by atoms with van der Waals surface area (Å²) in [7, 11) is -3.46. The predicted molar refractivity (Wildman–Crippen MR) is 149 cm³/mol. The minimum atomic E-state index is -3.46. The maximum Gasteiger partial charge on any atom is 0.264 e. The van der Waals surface area contributed by atoms with E-state index in [0.29, 0.717) is 31.4 Å². The largest absolute Gasteiger partial charge is 0.469 e. The Morgan fingerprint density at radius 1 is 1.10 bits per heavy atom. The van der Waals surface area contributed by atoms with Crippen molar-refractivity contribution in [2.45, 2.75) is 103 Å². The van der Waals surface area contributed by atoms with Crippen LogP contribution in [0.5, 0.6) is 0 Å². The van der Waals surface area contributed by atoms with E-state index in [9.17, 15) is 18.3 Å². The molecule has 0 aromatic heterocycles. The van der Waals surface area contributed by atoms with Gasteiger partial charge in [-0.2, -0.15) is 8.42 Å². The van der Waals surface area contributed by atoms with Crippen LogP contribution in [0.3, 0.4) is 0 Å². The van der Waals surface area contributed by atoms with Gasteiger partial charge in [0.2, 0.25) is 5.79 Å². The third-order valence-corrected chi connectivity index (χ3v) is 12.0. The van der Waals surface area contributed by atoms with Crippen LogP contribution in [0.2, 0.25) is 0 Å². The average Bonchev–Trinajstić information content (AvgIpc) is 3.00. The highest BCUT2D eigenvalue weighted by Gasteiger charge is 2.90. The molecular weight excluding hydrogens is 564 g/mol. The summed E-state index contributed by atoms with van der Waals surface area (Å²) >= 11 is 0. The van der Waals surface area contributed by atoms with Gasteiger partial charge >= 0.3 is 0 Å². The second-order valence-electron chi connectivity index (χ2n) is 14.7. The van der Waals surface area contributed by atoms with Crippen LogP contribution in [0.15, 0.2) is 23.5 Å². The van der Waals surface area contributed by atoms with Crippen molar-refractivity contribution in [1.82, 2.24) is 0 Å². The van der Waals surface area contributed by atoms with E-state index in [-0.39, 0.29) is 42.2 Å². The van der Waals surface area contributed by atoms with E-state index in [2.05, 4.69) is 20.4 Å². The number of unbranched alkanes of at least 4 members (excludes halogenated alkanes) is 1. The number of rotatable bonds is 7. The van der Waals surface area contributed by atoms with Crippen LogP contribution in [0.25, 0.3) is 0 Å². The molecule has 8 aliphatic rings. The highest BCUT2D eigenvalue weighted by atomic mass is 32.2. The van der Waals surface area contributed by atoms with E-state index < -0.39 is 51.0 Å². The van der Waals surface area contributed by atoms with Gasteiger partial charge in [-0.25, -0.2) is 0 Å². The first-order valence-corrected chi connectivity index (χ1v) is 17.2. The molecular formula is C31H44O10S. The van der Waals surface area contributed by atoms with Gasteiger partial charge in [-0.3, -0.25) is 8.98 Å². The number of allylic oxidation sites excluding steroid dienone is 1. The SMILES string of the molecule is C=C1C(=O)[C@@]23[C@@H]4OC(C)(C)OC25OC[C@]2(C6=C(CC[C@H](OCCCCOS(C)(=O)=O)O6)CC(C)(C)[C@H]2[C@@H]5O)[C@@H]3CC[C@@H]14. The standard InChI is InChI=1S/C31H44O10S/c1-17-19-10-11-20-29-16-37-31(30(20,23(17)32)26(19)40-28(4,5)41-31)24(33)22(29)27(2,3)15-18-9-12-21(39-25(18)29)36-13-7-8-14-38-42(6,34)35/h19-22,24,26,33H,1,7-16H2,2-6H3/t19-,20-,21+,22+,24-,26+,29-,30-,31?/m0/s1. The second kappa shape index (κ2) is 9.11. The Labute approximate surface area is 248 Å². The summed E-state index contributed by atoms with van der Waals surface area (Å²) in [6.07, 6.45) is 3.95. The summed E-state index contributed by atoms with van der Waals surface area (Å²) in [6, 6.07) is 0. The number of carbonyl (C=O) groups excluding carboxylic acids is 1. The van der Waals surface area contributed by atoms with Gasteiger partial charge in [0.15, 0.2) is 17.9 Å². The summed E-state index contributed by atoms with van der Waals surface area (Å²) in [5.41, 5.74) is -0.501. The van der Waals surface area contributed by atoms with E-state index in [0.717, 1.165) is 37.7 Å². The van der Waals surface area contributed by atoms with Gasteiger partial charge in [-0.15, -0.1) is 0 Å². The molecule has 0 amide bonds. The Hall–Kier alpha value is -1.34. The molecule has 4 heterocycles. The van der Waals surface area contributed by atoms with Crippen molar-refractivity contribution >= 4 is 15.9 Å². The van der Waals surface area contributed by atoms with E-state index in [1.165, 1.54) is 5.57 Å². The minimum absolute atomic E-state index is 0.0995. The van der Waals surface area contributed by atoms with Crippen LogP contribution in [0.4, 0.5) is 0 Å². The molecule has 1 unspecified atom stereocenters. The third kappa shape index (κ3) is 3.64.